The number of piperazine rings is 1. The van der Waals surface area contributed by atoms with Crippen molar-refractivity contribution < 1.29 is 4.39 Å². The van der Waals surface area contributed by atoms with Gasteiger partial charge in [0.1, 0.15) is 0 Å². The van der Waals surface area contributed by atoms with Crippen LogP contribution in [0, 0.1) is 5.82 Å². The maximum Gasteiger partial charge on any atom is 0.167 e. The van der Waals surface area contributed by atoms with Crippen molar-refractivity contribution in [2.24, 2.45) is 5.73 Å². The third kappa shape index (κ3) is 3.16. The van der Waals surface area contributed by atoms with Crippen LogP contribution in [-0.4, -0.2) is 48.1 Å². The van der Waals surface area contributed by atoms with E-state index in [2.05, 4.69) is 23.7 Å². The van der Waals surface area contributed by atoms with Crippen molar-refractivity contribution in [2.75, 3.05) is 37.6 Å². The van der Waals surface area contributed by atoms with Crippen LogP contribution in [0.4, 0.5) is 10.2 Å². The Morgan fingerprint density at radius 3 is 2.53 bits per heavy atom. The number of halogens is 2. The zero-order valence-corrected chi connectivity index (χ0v) is 12.1. The fourth-order valence-electron chi connectivity index (χ4n) is 2.29. The number of anilines is 1. The van der Waals surface area contributed by atoms with Crippen molar-refractivity contribution in [2.45, 2.75) is 19.4 Å². The minimum atomic E-state index is -0.362. The first-order valence-corrected chi connectivity index (χ1v) is 6.83. The first kappa shape index (κ1) is 14.5. The Labute approximate surface area is 118 Å². The molecule has 4 nitrogen and oxygen atoms in total. The second-order valence-electron chi connectivity index (χ2n) is 5.45. The standard InChI is InChI=1S/C13H20ClFN4/c1-13(2,9-16)19-5-3-18(4-6-19)12-11(15)7-10(14)8-17-12/h7-8H,3-6,9,16H2,1-2H3. The van der Waals surface area contributed by atoms with E-state index in [0.717, 1.165) is 26.2 Å². The van der Waals surface area contributed by atoms with Crippen molar-refractivity contribution in [1.82, 2.24) is 9.88 Å². The van der Waals surface area contributed by atoms with Crippen molar-refractivity contribution in [3.8, 4) is 0 Å². The van der Waals surface area contributed by atoms with Gasteiger partial charge in [0, 0.05) is 44.5 Å². The molecule has 106 valence electrons. The molecule has 1 aliphatic rings. The molecule has 0 amide bonds. The highest BCUT2D eigenvalue weighted by Crippen LogP contribution is 2.23. The maximum atomic E-state index is 13.8. The van der Waals surface area contributed by atoms with Crippen molar-refractivity contribution in [3.05, 3.63) is 23.1 Å². The summed E-state index contributed by atoms with van der Waals surface area (Å²) in [5.74, 6) is 0.0219. The van der Waals surface area contributed by atoms with Crippen LogP contribution >= 0.6 is 11.6 Å². The normalized spacial score (nSPS) is 17.8. The molecule has 2 rings (SSSR count). The Balaban J connectivity index is 2.04. The molecule has 1 saturated heterocycles. The lowest BCUT2D eigenvalue weighted by Gasteiger charge is -2.43. The van der Waals surface area contributed by atoms with Gasteiger partial charge >= 0.3 is 0 Å². The van der Waals surface area contributed by atoms with Gasteiger partial charge in [0.15, 0.2) is 11.6 Å². The quantitative estimate of drug-likeness (QED) is 0.919. The van der Waals surface area contributed by atoms with Gasteiger partial charge in [0.05, 0.1) is 5.02 Å². The minimum absolute atomic E-state index is 0.0158. The van der Waals surface area contributed by atoms with Gasteiger partial charge < -0.3 is 10.6 Å². The van der Waals surface area contributed by atoms with Crippen LogP contribution in [0.1, 0.15) is 13.8 Å². The third-order valence-electron chi connectivity index (χ3n) is 3.72. The van der Waals surface area contributed by atoms with Crippen molar-refractivity contribution in [1.29, 1.82) is 0 Å². The smallest absolute Gasteiger partial charge is 0.167 e. The van der Waals surface area contributed by atoms with Gasteiger partial charge in [-0.25, -0.2) is 9.37 Å². The first-order valence-electron chi connectivity index (χ1n) is 6.45. The zero-order valence-electron chi connectivity index (χ0n) is 11.4. The van der Waals surface area contributed by atoms with Gasteiger partial charge in [-0.2, -0.15) is 0 Å². The Morgan fingerprint density at radius 1 is 1.37 bits per heavy atom. The summed E-state index contributed by atoms with van der Waals surface area (Å²) in [6.45, 7) is 8.07. The summed E-state index contributed by atoms with van der Waals surface area (Å²) in [5, 5.41) is 0.323. The summed E-state index contributed by atoms with van der Waals surface area (Å²) in [6, 6.07) is 1.31. The fourth-order valence-corrected chi connectivity index (χ4v) is 2.44. The molecular weight excluding hydrogens is 267 g/mol. The summed E-state index contributed by atoms with van der Waals surface area (Å²) in [6.07, 6.45) is 1.48. The largest absolute Gasteiger partial charge is 0.352 e. The SMILES string of the molecule is CC(C)(CN)N1CCN(c2ncc(Cl)cc2F)CC1. The monoisotopic (exact) mass is 286 g/mol. The van der Waals surface area contributed by atoms with Crippen LogP contribution in [0.3, 0.4) is 0 Å². The number of pyridine rings is 1. The van der Waals surface area contributed by atoms with E-state index >= 15 is 0 Å². The molecule has 0 spiro atoms. The molecule has 1 fully saturated rings. The molecule has 1 aromatic heterocycles. The van der Waals surface area contributed by atoms with Crippen LogP contribution in [-0.2, 0) is 0 Å². The second kappa shape index (κ2) is 5.61. The number of hydrogen-bond acceptors (Lipinski definition) is 4. The van der Waals surface area contributed by atoms with Gasteiger partial charge in [0.2, 0.25) is 0 Å². The fraction of sp³-hybridized carbons (Fsp3) is 0.615. The molecule has 0 bridgehead atoms. The summed E-state index contributed by atoms with van der Waals surface area (Å²) in [7, 11) is 0. The van der Waals surface area contributed by atoms with Crippen LogP contribution in [0.5, 0.6) is 0 Å². The Hall–Kier alpha value is -0.910. The van der Waals surface area contributed by atoms with E-state index in [1.165, 1.54) is 12.3 Å². The van der Waals surface area contributed by atoms with Crippen LogP contribution in [0.15, 0.2) is 12.3 Å². The number of rotatable bonds is 3. The number of aromatic nitrogens is 1. The predicted molar refractivity (Wildman–Crippen MR) is 76.1 cm³/mol. The third-order valence-corrected chi connectivity index (χ3v) is 3.93. The average Bonchev–Trinajstić information content (AvgIpc) is 2.39. The lowest BCUT2D eigenvalue weighted by atomic mass is 10.0. The summed E-state index contributed by atoms with van der Waals surface area (Å²) >= 11 is 5.71. The van der Waals surface area contributed by atoms with Crippen molar-refractivity contribution in [3.63, 3.8) is 0 Å². The van der Waals surface area contributed by atoms with E-state index in [0.29, 0.717) is 17.4 Å². The number of hydrogen-bond donors (Lipinski definition) is 1. The lowest BCUT2D eigenvalue weighted by Crippen LogP contribution is -2.57. The molecule has 6 heteroatoms. The zero-order chi connectivity index (χ0) is 14.0. The molecule has 2 N–H and O–H groups in total. The van der Waals surface area contributed by atoms with Gasteiger partial charge in [0.25, 0.3) is 0 Å². The lowest BCUT2D eigenvalue weighted by molar-refractivity contribution is 0.118. The summed E-state index contributed by atoms with van der Waals surface area (Å²) in [5.41, 5.74) is 5.77. The highest BCUT2D eigenvalue weighted by atomic mass is 35.5. The Kier molecular flexibility index (Phi) is 4.28. The number of nitrogens with two attached hydrogens (primary N) is 1. The molecule has 0 saturated carbocycles. The summed E-state index contributed by atoms with van der Waals surface area (Å²) < 4.78 is 13.8. The maximum absolute atomic E-state index is 13.8. The highest BCUT2D eigenvalue weighted by Gasteiger charge is 2.29. The van der Waals surface area contributed by atoms with Gasteiger partial charge in [-0.15, -0.1) is 0 Å². The minimum Gasteiger partial charge on any atom is -0.352 e. The van der Waals surface area contributed by atoms with E-state index in [1.807, 2.05) is 4.90 Å². The van der Waals surface area contributed by atoms with E-state index in [9.17, 15) is 4.39 Å². The number of nitrogens with zero attached hydrogens (tertiary/aromatic N) is 3. The molecule has 1 aliphatic heterocycles. The van der Waals surface area contributed by atoms with Crippen LogP contribution in [0.25, 0.3) is 0 Å². The second-order valence-corrected chi connectivity index (χ2v) is 5.89. The average molecular weight is 287 g/mol. The molecule has 2 heterocycles. The topological polar surface area (TPSA) is 45.4 Å². The molecule has 0 radical (unpaired) electrons. The van der Waals surface area contributed by atoms with Crippen LogP contribution < -0.4 is 10.6 Å². The molecule has 19 heavy (non-hydrogen) atoms. The molecule has 0 unspecified atom stereocenters. The molecule has 0 aliphatic carbocycles. The molecular formula is C13H20ClFN4. The van der Waals surface area contributed by atoms with E-state index in [4.69, 9.17) is 17.3 Å². The van der Waals surface area contributed by atoms with Crippen molar-refractivity contribution >= 4 is 17.4 Å². The molecule has 0 aromatic carbocycles. The van der Waals surface area contributed by atoms with Gasteiger partial charge in [-0.1, -0.05) is 11.6 Å². The van der Waals surface area contributed by atoms with E-state index in [-0.39, 0.29) is 11.4 Å². The first-order chi connectivity index (χ1) is 8.94. The summed E-state index contributed by atoms with van der Waals surface area (Å²) in [4.78, 5) is 8.37. The Bertz CT molecular complexity index is 444. The van der Waals surface area contributed by atoms with E-state index < -0.39 is 0 Å². The molecule has 0 atom stereocenters. The van der Waals surface area contributed by atoms with Gasteiger partial charge in [-0.05, 0) is 19.9 Å². The van der Waals surface area contributed by atoms with Gasteiger partial charge in [-0.3, -0.25) is 4.90 Å². The predicted octanol–water partition coefficient (Wildman–Crippen LogP) is 1.73. The molecule has 1 aromatic rings. The van der Waals surface area contributed by atoms with Crippen LogP contribution in [0.2, 0.25) is 5.02 Å². The Morgan fingerprint density at radius 2 is 2.00 bits per heavy atom. The van der Waals surface area contributed by atoms with E-state index in [1.54, 1.807) is 0 Å². The highest BCUT2D eigenvalue weighted by molar-refractivity contribution is 6.30.